The number of ether oxygens (including phenoxy) is 2. The molecule has 54 heavy (non-hydrogen) atoms. The minimum absolute atomic E-state index is 0.0321. The maximum Gasteiger partial charge on any atom is 0.262 e. The number of aryl methyl sites for hydroxylation is 4. The molecule has 4 aromatic carbocycles. The van der Waals surface area contributed by atoms with Gasteiger partial charge in [0, 0.05) is 23.5 Å². The van der Waals surface area contributed by atoms with Crippen molar-refractivity contribution in [3.05, 3.63) is 162 Å². The van der Waals surface area contributed by atoms with E-state index in [1.807, 2.05) is 137 Å². The van der Waals surface area contributed by atoms with E-state index in [4.69, 9.17) is 40.1 Å². The quantitative estimate of drug-likeness (QED) is 0.134. The van der Waals surface area contributed by atoms with Crippen LogP contribution in [-0.2, 0) is 9.59 Å². The summed E-state index contributed by atoms with van der Waals surface area (Å²) in [6.45, 7) is 7.84. The highest BCUT2D eigenvalue weighted by Crippen LogP contribution is 2.23. The molecule has 0 spiro atoms. The van der Waals surface area contributed by atoms with E-state index >= 15 is 0 Å². The highest BCUT2D eigenvalue weighted by Gasteiger charge is 2.13. The molecule has 2 aromatic heterocycles. The molecule has 0 fully saturated rings. The molecule has 4 N–H and O–H groups in total. The summed E-state index contributed by atoms with van der Waals surface area (Å²) in [7, 11) is 0. The van der Waals surface area contributed by atoms with E-state index in [9.17, 15) is 9.59 Å². The number of para-hydroxylation sites is 4. The summed E-state index contributed by atoms with van der Waals surface area (Å²) in [5.74, 6) is 0.991. The highest BCUT2D eigenvalue weighted by molar-refractivity contribution is 5.94. The molecular formula is C38H38N6O10. The van der Waals surface area contributed by atoms with Gasteiger partial charge >= 0.3 is 0 Å². The molecule has 0 unspecified atom stereocenters. The Bertz CT molecular complexity index is 2020. The number of fused-ring (bicyclic) bond motifs is 2. The molecule has 6 aromatic rings. The van der Waals surface area contributed by atoms with Crippen molar-refractivity contribution in [2.45, 2.75) is 27.7 Å². The third-order valence-electron chi connectivity index (χ3n) is 7.52. The Balaban J connectivity index is 0.000000243. The molecule has 16 heteroatoms. The van der Waals surface area contributed by atoms with Crippen LogP contribution in [0.2, 0.25) is 0 Å². The van der Waals surface area contributed by atoms with Gasteiger partial charge < -0.3 is 50.8 Å². The molecule has 2 amide bonds. The fourth-order valence-corrected chi connectivity index (χ4v) is 5.15. The number of carbonyl (C=O) groups is 2. The van der Waals surface area contributed by atoms with Crippen molar-refractivity contribution < 1.29 is 39.2 Å². The molecule has 0 bridgehead atoms. The van der Waals surface area contributed by atoms with Gasteiger partial charge in [0.1, 0.15) is 0 Å². The van der Waals surface area contributed by atoms with Crippen molar-refractivity contribution in [2.24, 2.45) is 0 Å². The highest BCUT2D eigenvalue weighted by atomic mass is 16.9. The Kier molecular flexibility index (Phi) is 15.6. The first-order chi connectivity index (χ1) is 25.8. The molecule has 0 atom stereocenters. The number of carbonyl (C=O) groups excluding carboxylic acids is 2. The van der Waals surface area contributed by atoms with Crippen molar-refractivity contribution in [2.75, 3.05) is 23.8 Å². The van der Waals surface area contributed by atoms with Gasteiger partial charge in [-0.05, 0) is 86.3 Å². The number of H-pyrrole nitrogens is 2. The number of aromatic nitrogens is 2. The predicted molar refractivity (Wildman–Crippen MR) is 202 cm³/mol. The number of nitrogens with one attached hydrogen (secondary N) is 4. The van der Waals surface area contributed by atoms with Crippen LogP contribution in [0.25, 0.3) is 21.8 Å². The molecule has 0 radical (unpaired) electrons. The monoisotopic (exact) mass is 738 g/mol. The Hall–Kier alpha value is -7.36. The summed E-state index contributed by atoms with van der Waals surface area (Å²) in [6, 6.07) is 31.2. The second kappa shape index (κ2) is 20.5. The third-order valence-corrected chi connectivity index (χ3v) is 7.52. The van der Waals surface area contributed by atoms with Crippen LogP contribution in [-0.4, -0.2) is 35.2 Å². The maximum atomic E-state index is 12.2. The first-order valence-electron chi connectivity index (χ1n) is 16.2. The average molecular weight is 739 g/mol. The number of hydrogen-bond acceptors (Lipinski definition) is 10. The smallest absolute Gasteiger partial charge is 0.262 e. The summed E-state index contributed by atoms with van der Waals surface area (Å²) >= 11 is 0. The zero-order chi connectivity index (χ0) is 39.6. The molecule has 0 saturated carbocycles. The summed E-state index contributed by atoms with van der Waals surface area (Å²) in [5, 5.41) is 37.4. The Morgan fingerprint density at radius 2 is 0.833 bits per heavy atom. The van der Waals surface area contributed by atoms with Crippen molar-refractivity contribution in [1.82, 2.24) is 0 Å². The topological polar surface area (TPSA) is 237 Å². The van der Waals surface area contributed by atoms with Crippen molar-refractivity contribution in [1.29, 1.82) is 0 Å². The molecule has 0 aliphatic carbocycles. The standard InChI is InChI=1S/2C19H18N2O2.2NO3/c2*1-13-6-3-7-14(2)18(13)21-17(22)12-23-16-10-4-8-15-9-5-11-20-19(15)16;2*2-1(3)4/h2*3-11H,12H2,1-2H3,(H,21,22);;/q;;2*-1/p+2. The van der Waals surface area contributed by atoms with E-state index < -0.39 is 10.2 Å². The van der Waals surface area contributed by atoms with Gasteiger partial charge in [0.2, 0.25) is 0 Å². The maximum absolute atomic E-state index is 12.2. The zero-order valence-corrected chi connectivity index (χ0v) is 29.8. The first-order valence-corrected chi connectivity index (χ1v) is 16.2. The van der Waals surface area contributed by atoms with E-state index in [0.29, 0.717) is 11.5 Å². The van der Waals surface area contributed by atoms with E-state index in [-0.39, 0.29) is 25.0 Å². The summed E-state index contributed by atoms with van der Waals surface area (Å²) in [6.07, 6.45) is 3.68. The van der Waals surface area contributed by atoms with Crippen LogP contribution >= 0.6 is 0 Å². The molecule has 6 rings (SSSR count). The number of anilines is 2. The van der Waals surface area contributed by atoms with E-state index in [0.717, 1.165) is 55.4 Å². The normalized spacial score (nSPS) is 9.85. The van der Waals surface area contributed by atoms with Crippen LogP contribution in [0, 0.1) is 58.3 Å². The Morgan fingerprint density at radius 1 is 0.537 bits per heavy atom. The number of amides is 2. The lowest BCUT2D eigenvalue weighted by Crippen LogP contribution is -2.21. The van der Waals surface area contributed by atoms with Crippen LogP contribution < -0.4 is 30.1 Å². The minimum atomic E-state index is -1.75. The van der Waals surface area contributed by atoms with Crippen LogP contribution in [0.4, 0.5) is 11.4 Å². The molecular weight excluding hydrogens is 700 g/mol. The van der Waals surface area contributed by atoms with Crippen LogP contribution in [0.3, 0.4) is 0 Å². The van der Waals surface area contributed by atoms with Gasteiger partial charge in [-0.1, -0.05) is 48.5 Å². The van der Waals surface area contributed by atoms with E-state index in [1.165, 1.54) is 0 Å². The lowest BCUT2D eigenvalue weighted by molar-refractivity contribution is -0.403. The largest absolute Gasteiger partial charge is 0.477 e. The van der Waals surface area contributed by atoms with Gasteiger partial charge in [-0.15, -0.1) is 0 Å². The van der Waals surface area contributed by atoms with Crippen molar-refractivity contribution in [3.63, 3.8) is 0 Å². The number of benzene rings is 4. The van der Waals surface area contributed by atoms with Gasteiger partial charge in [-0.2, -0.15) is 0 Å². The van der Waals surface area contributed by atoms with Crippen LogP contribution in [0.5, 0.6) is 11.5 Å². The van der Waals surface area contributed by atoms with Crippen LogP contribution in [0.15, 0.2) is 109 Å². The third kappa shape index (κ3) is 13.1. The molecule has 0 saturated heterocycles. The van der Waals surface area contributed by atoms with Crippen molar-refractivity contribution in [3.8, 4) is 11.5 Å². The summed E-state index contributed by atoms with van der Waals surface area (Å²) in [5.41, 5.74) is 7.63. The minimum Gasteiger partial charge on any atom is -0.477 e. The second-order valence-corrected chi connectivity index (χ2v) is 11.4. The lowest BCUT2D eigenvalue weighted by Gasteiger charge is -2.12. The van der Waals surface area contributed by atoms with Gasteiger partial charge in [-0.25, -0.2) is 9.97 Å². The van der Waals surface area contributed by atoms with Gasteiger partial charge in [0.25, 0.3) is 22.8 Å². The molecule has 16 nitrogen and oxygen atoms in total. The number of pyridine rings is 2. The fraction of sp³-hybridized carbons (Fsp3) is 0.158. The number of aromatic amines is 2. The van der Waals surface area contributed by atoms with Crippen LogP contribution in [0.1, 0.15) is 22.3 Å². The predicted octanol–water partition coefficient (Wildman–Crippen LogP) is 6.10. The number of nitrogens with zero attached hydrogens (tertiary/aromatic N) is 2. The Labute approximate surface area is 309 Å². The van der Waals surface area contributed by atoms with Gasteiger partial charge in [0.05, 0.1) is 20.9 Å². The van der Waals surface area contributed by atoms with E-state index in [1.54, 1.807) is 0 Å². The Morgan fingerprint density at radius 3 is 1.17 bits per heavy atom. The molecule has 280 valence electrons. The SMILES string of the molecule is Cc1cccc(C)c1NC(=O)COc1cccc2ccc[nH+]c12.Cc1cccc(C)c1NC(=O)COc1cccc2ccc[nH+]c12.O=[N+]([O-])[O-].O=[N+]([O-])[O-]. The summed E-state index contributed by atoms with van der Waals surface area (Å²) < 4.78 is 11.4. The molecule has 0 aliphatic rings. The summed E-state index contributed by atoms with van der Waals surface area (Å²) in [4.78, 5) is 47.2. The zero-order valence-electron chi connectivity index (χ0n) is 29.8. The first kappa shape index (κ1) is 41.1. The second-order valence-electron chi connectivity index (χ2n) is 11.4. The van der Waals surface area contributed by atoms with E-state index in [2.05, 4.69) is 20.6 Å². The lowest BCUT2D eigenvalue weighted by atomic mass is 10.1. The fourth-order valence-electron chi connectivity index (χ4n) is 5.15. The average Bonchev–Trinajstić information content (AvgIpc) is 3.13. The molecule has 2 heterocycles. The van der Waals surface area contributed by atoms with Gasteiger partial charge in [0.15, 0.2) is 37.1 Å². The number of hydrogen-bond donors (Lipinski definition) is 2. The van der Waals surface area contributed by atoms with Crippen molar-refractivity contribution >= 4 is 45.0 Å². The van der Waals surface area contributed by atoms with Gasteiger partial charge in [-0.3, -0.25) is 9.59 Å². The number of rotatable bonds is 8. The molecule has 0 aliphatic heterocycles.